The Labute approximate surface area is 114 Å². The van der Waals surface area contributed by atoms with Crippen LogP contribution in [0.15, 0.2) is 16.8 Å². The molecular formula is C15H22NOS. The van der Waals surface area contributed by atoms with Crippen LogP contribution in [0, 0.1) is 6.42 Å². The summed E-state index contributed by atoms with van der Waals surface area (Å²) in [5.74, 6) is 0.309. The fourth-order valence-electron chi connectivity index (χ4n) is 2.39. The first-order valence-corrected chi connectivity index (χ1v) is 7.90. The van der Waals surface area contributed by atoms with E-state index in [2.05, 4.69) is 11.3 Å². The summed E-state index contributed by atoms with van der Waals surface area (Å²) in [6, 6.07) is 1.93. The topological polar surface area (TPSA) is 20.3 Å². The van der Waals surface area contributed by atoms with E-state index in [1.807, 2.05) is 16.8 Å². The van der Waals surface area contributed by atoms with Crippen molar-refractivity contribution in [2.24, 2.45) is 0 Å². The molecule has 0 N–H and O–H groups in total. The Morgan fingerprint density at radius 2 is 2.06 bits per heavy atom. The molecule has 0 amide bonds. The quantitative estimate of drug-likeness (QED) is 0.551. The van der Waals surface area contributed by atoms with E-state index in [9.17, 15) is 4.79 Å². The molecule has 0 aromatic carbocycles. The van der Waals surface area contributed by atoms with E-state index in [0.717, 1.165) is 12.0 Å². The third-order valence-corrected chi connectivity index (χ3v) is 4.20. The first kappa shape index (κ1) is 13.8. The van der Waals surface area contributed by atoms with Gasteiger partial charge in [0.1, 0.15) is 0 Å². The Hall–Kier alpha value is -0.670. The van der Waals surface area contributed by atoms with E-state index in [-0.39, 0.29) is 0 Å². The molecule has 1 radical (unpaired) electrons. The maximum Gasteiger partial charge on any atom is 0.163 e. The van der Waals surface area contributed by atoms with E-state index < -0.39 is 0 Å². The lowest BCUT2D eigenvalue weighted by molar-refractivity contribution is 0.0979. The van der Waals surface area contributed by atoms with Crippen molar-refractivity contribution in [3.63, 3.8) is 0 Å². The third kappa shape index (κ3) is 4.54. The van der Waals surface area contributed by atoms with E-state index in [4.69, 9.17) is 0 Å². The monoisotopic (exact) mass is 264 g/mol. The molecule has 0 unspecified atom stereocenters. The lowest BCUT2D eigenvalue weighted by atomic mass is 10.1. The number of thiophene rings is 1. The summed E-state index contributed by atoms with van der Waals surface area (Å²) in [6.45, 7) is 3.67. The van der Waals surface area contributed by atoms with Gasteiger partial charge in [-0.2, -0.15) is 11.3 Å². The Kier molecular flexibility index (Phi) is 5.88. The predicted molar refractivity (Wildman–Crippen MR) is 77.1 cm³/mol. The molecule has 2 nitrogen and oxygen atoms in total. The molecule has 0 atom stereocenters. The molecular weight excluding hydrogens is 242 g/mol. The van der Waals surface area contributed by atoms with E-state index >= 15 is 0 Å². The number of hydrogen-bond donors (Lipinski definition) is 0. The highest BCUT2D eigenvalue weighted by Crippen LogP contribution is 2.13. The molecule has 2 rings (SSSR count). The van der Waals surface area contributed by atoms with Crippen molar-refractivity contribution >= 4 is 17.1 Å². The number of carbonyl (C=O) groups is 1. The first-order valence-electron chi connectivity index (χ1n) is 6.95. The maximum absolute atomic E-state index is 11.8. The number of piperidine rings is 1. The second kappa shape index (κ2) is 7.70. The number of Topliss-reactive ketones (excluding diaryl/α,β-unsaturated/α-hetero) is 1. The van der Waals surface area contributed by atoms with Crippen molar-refractivity contribution in [3.8, 4) is 0 Å². The van der Waals surface area contributed by atoms with Gasteiger partial charge < -0.3 is 4.90 Å². The van der Waals surface area contributed by atoms with Crippen LogP contribution in [0.25, 0.3) is 0 Å². The number of nitrogens with zero attached hydrogens (tertiary/aromatic N) is 1. The van der Waals surface area contributed by atoms with Crippen LogP contribution in [0.4, 0.5) is 0 Å². The van der Waals surface area contributed by atoms with Crippen LogP contribution in [0.5, 0.6) is 0 Å². The van der Waals surface area contributed by atoms with Crippen molar-refractivity contribution in [2.45, 2.75) is 38.5 Å². The summed E-state index contributed by atoms with van der Waals surface area (Å²) in [5.41, 5.74) is 0.895. The number of likely N-dealkylation sites (tertiary alicyclic amines) is 1. The fourth-order valence-corrected chi connectivity index (χ4v) is 3.05. The summed E-state index contributed by atoms with van der Waals surface area (Å²) in [6.07, 6.45) is 9.04. The van der Waals surface area contributed by atoms with Crippen LogP contribution < -0.4 is 0 Å². The first-order chi connectivity index (χ1) is 8.86. The molecule has 1 saturated heterocycles. The highest BCUT2D eigenvalue weighted by Gasteiger charge is 2.09. The second-order valence-corrected chi connectivity index (χ2v) is 5.73. The normalized spacial score (nSPS) is 16.9. The molecule has 2 heterocycles. The average molecular weight is 264 g/mol. The molecule has 1 fully saturated rings. The SMILES string of the molecule is O=C(CCCCCN1CC[CH]CC1)c1ccsc1. The van der Waals surface area contributed by atoms with Gasteiger partial charge in [0.05, 0.1) is 0 Å². The van der Waals surface area contributed by atoms with Crippen molar-refractivity contribution in [1.29, 1.82) is 0 Å². The van der Waals surface area contributed by atoms with Gasteiger partial charge in [-0.3, -0.25) is 4.79 Å². The zero-order chi connectivity index (χ0) is 12.6. The van der Waals surface area contributed by atoms with Crippen LogP contribution in [-0.4, -0.2) is 30.3 Å². The average Bonchev–Trinajstić information content (AvgIpc) is 2.93. The summed E-state index contributed by atoms with van der Waals surface area (Å²) in [4.78, 5) is 14.3. The highest BCUT2D eigenvalue weighted by atomic mass is 32.1. The van der Waals surface area contributed by atoms with Gasteiger partial charge in [0, 0.05) is 17.4 Å². The van der Waals surface area contributed by atoms with Gasteiger partial charge in [-0.15, -0.1) is 0 Å². The van der Waals surface area contributed by atoms with Crippen LogP contribution >= 0.6 is 11.3 Å². The smallest absolute Gasteiger partial charge is 0.163 e. The largest absolute Gasteiger partial charge is 0.303 e. The highest BCUT2D eigenvalue weighted by molar-refractivity contribution is 7.08. The second-order valence-electron chi connectivity index (χ2n) is 4.95. The van der Waals surface area contributed by atoms with Crippen molar-refractivity contribution in [3.05, 3.63) is 28.8 Å². The summed E-state index contributed by atoms with van der Waals surface area (Å²) >= 11 is 1.60. The number of unbranched alkanes of at least 4 members (excludes halogenated alkanes) is 2. The molecule has 0 aliphatic carbocycles. The summed E-state index contributed by atoms with van der Waals surface area (Å²) < 4.78 is 0. The molecule has 0 bridgehead atoms. The Morgan fingerprint density at radius 3 is 2.78 bits per heavy atom. The Bertz CT molecular complexity index is 341. The molecule has 0 spiro atoms. The minimum atomic E-state index is 0.309. The van der Waals surface area contributed by atoms with E-state index in [1.165, 1.54) is 45.3 Å². The number of rotatable bonds is 7. The number of carbonyl (C=O) groups excluding carboxylic acids is 1. The summed E-state index contributed by atoms with van der Waals surface area (Å²) in [5, 5.41) is 3.92. The molecule has 1 aromatic heterocycles. The van der Waals surface area contributed by atoms with Crippen LogP contribution in [-0.2, 0) is 0 Å². The summed E-state index contributed by atoms with van der Waals surface area (Å²) in [7, 11) is 0. The predicted octanol–water partition coefficient (Wildman–Crippen LogP) is 3.79. The van der Waals surface area contributed by atoms with Gasteiger partial charge >= 0.3 is 0 Å². The van der Waals surface area contributed by atoms with Gasteiger partial charge in [0.15, 0.2) is 5.78 Å². The van der Waals surface area contributed by atoms with Gasteiger partial charge in [-0.05, 0) is 63.2 Å². The molecule has 18 heavy (non-hydrogen) atoms. The Morgan fingerprint density at radius 1 is 1.22 bits per heavy atom. The van der Waals surface area contributed by atoms with E-state index in [1.54, 1.807) is 11.3 Å². The number of hydrogen-bond acceptors (Lipinski definition) is 3. The fraction of sp³-hybridized carbons (Fsp3) is 0.600. The zero-order valence-electron chi connectivity index (χ0n) is 10.9. The molecule has 99 valence electrons. The van der Waals surface area contributed by atoms with Gasteiger partial charge in [0.25, 0.3) is 0 Å². The van der Waals surface area contributed by atoms with Gasteiger partial charge in [-0.1, -0.05) is 6.42 Å². The van der Waals surface area contributed by atoms with E-state index in [0.29, 0.717) is 12.2 Å². The lowest BCUT2D eigenvalue weighted by Crippen LogP contribution is -2.30. The van der Waals surface area contributed by atoms with Crippen LogP contribution in [0.2, 0.25) is 0 Å². The third-order valence-electron chi connectivity index (χ3n) is 3.52. The minimum absolute atomic E-state index is 0.309. The molecule has 1 aromatic rings. The van der Waals surface area contributed by atoms with Crippen molar-refractivity contribution in [1.82, 2.24) is 4.90 Å². The van der Waals surface area contributed by atoms with Gasteiger partial charge in [-0.25, -0.2) is 0 Å². The molecule has 0 saturated carbocycles. The Balaban J connectivity index is 1.52. The van der Waals surface area contributed by atoms with Gasteiger partial charge in [0.2, 0.25) is 0 Å². The van der Waals surface area contributed by atoms with Crippen LogP contribution in [0.1, 0.15) is 48.9 Å². The van der Waals surface area contributed by atoms with Crippen molar-refractivity contribution < 1.29 is 4.79 Å². The maximum atomic E-state index is 11.8. The molecule has 3 heteroatoms. The lowest BCUT2D eigenvalue weighted by Gasteiger charge is -2.26. The van der Waals surface area contributed by atoms with Crippen molar-refractivity contribution in [2.75, 3.05) is 19.6 Å². The minimum Gasteiger partial charge on any atom is -0.303 e. The molecule has 1 aliphatic rings. The van der Waals surface area contributed by atoms with Crippen LogP contribution in [0.3, 0.4) is 0 Å². The standard InChI is InChI=1S/C15H22NOS/c17-15(14-8-12-18-13-14)7-3-1-4-9-16-10-5-2-6-11-16/h2,8,12-13H,1,3-7,9-11H2. The number of ketones is 1. The molecule has 1 aliphatic heterocycles. The zero-order valence-corrected chi connectivity index (χ0v) is 11.8.